The van der Waals surface area contributed by atoms with Gasteiger partial charge in [0.1, 0.15) is 5.75 Å². The van der Waals surface area contributed by atoms with Crippen molar-refractivity contribution in [2.45, 2.75) is 6.42 Å². The average Bonchev–Trinajstić information content (AvgIpc) is 2.69. The number of aromatic nitrogens is 1. The number of phenols is 1. The third-order valence-corrected chi connectivity index (χ3v) is 3.31. The van der Waals surface area contributed by atoms with Crippen molar-refractivity contribution in [2.75, 3.05) is 20.6 Å². The van der Waals surface area contributed by atoms with Crippen LogP contribution in [0.4, 0.5) is 0 Å². The second-order valence-corrected chi connectivity index (χ2v) is 5.10. The van der Waals surface area contributed by atoms with Gasteiger partial charge >= 0.3 is 11.3 Å². The van der Waals surface area contributed by atoms with Gasteiger partial charge in [-0.25, -0.2) is 9.59 Å². The topological polar surface area (TPSA) is 88.3 Å². The Kier molecular flexibility index (Phi) is 3.06. The number of phenolic OH excluding ortho intramolecular Hbond substituents is 1. The minimum absolute atomic E-state index is 0.0919. The molecule has 2 heterocycles. The second-order valence-electron chi connectivity index (χ2n) is 5.10. The van der Waals surface area contributed by atoms with Crippen molar-refractivity contribution in [3.63, 3.8) is 0 Å². The van der Waals surface area contributed by atoms with Crippen LogP contribution in [0.25, 0.3) is 16.6 Å². The van der Waals surface area contributed by atoms with Gasteiger partial charge in [0.25, 0.3) is 0 Å². The van der Waals surface area contributed by atoms with Crippen molar-refractivity contribution in [1.82, 2.24) is 9.47 Å². The molecule has 0 saturated heterocycles. The van der Waals surface area contributed by atoms with Gasteiger partial charge in [-0.15, -0.1) is 4.57 Å². The van der Waals surface area contributed by atoms with E-state index in [2.05, 4.69) is 0 Å². The maximum absolute atomic E-state index is 11.4. The summed E-state index contributed by atoms with van der Waals surface area (Å²) in [6.07, 6.45) is 0.583. The highest BCUT2D eigenvalue weighted by atomic mass is 16.5. The lowest BCUT2D eigenvalue weighted by molar-refractivity contribution is 0.285. The predicted molar refractivity (Wildman–Crippen MR) is 75.9 cm³/mol. The molecule has 3 aromatic rings. The zero-order valence-corrected chi connectivity index (χ0v) is 11.6. The third-order valence-electron chi connectivity index (χ3n) is 3.31. The van der Waals surface area contributed by atoms with Gasteiger partial charge in [0.2, 0.25) is 5.71 Å². The molecule has 1 aromatic carbocycles. The van der Waals surface area contributed by atoms with Crippen LogP contribution in [0.3, 0.4) is 0 Å². The standard InChI is InChI=1S/C14H14N2O5/c1-15(2)6-5-9-10-7-8(17)3-4-11(10)16-12(9)20-13(18)14(19)21-16/h3-4,7,17H,5-6H2,1-2H3. The lowest BCUT2D eigenvalue weighted by Crippen LogP contribution is -2.23. The number of likely N-dealkylation sites (N-methyl/N-ethyl adjacent to an activating group) is 1. The fourth-order valence-corrected chi connectivity index (χ4v) is 2.31. The second kappa shape index (κ2) is 4.78. The molecule has 3 rings (SSSR count). The molecule has 0 fully saturated rings. The van der Waals surface area contributed by atoms with E-state index in [1.54, 1.807) is 12.1 Å². The number of rotatable bonds is 3. The van der Waals surface area contributed by atoms with Crippen LogP contribution in [0.5, 0.6) is 5.75 Å². The molecule has 0 bridgehead atoms. The third kappa shape index (κ3) is 2.21. The minimum atomic E-state index is -1.06. The first kappa shape index (κ1) is 13.4. The lowest BCUT2D eigenvalue weighted by Gasteiger charge is -2.08. The molecule has 0 aliphatic heterocycles. The summed E-state index contributed by atoms with van der Waals surface area (Å²) < 4.78 is 11.3. The van der Waals surface area contributed by atoms with Gasteiger partial charge in [-0.05, 0) is 38.7 Å². The van der Waals surface area contributed by atoms with E-state index in [0.717, 1.165) is 5.56 Å². The Labute approximate surface area is 118 Å². The van der Waals surface area contributed by atoms with Crippen LogP contribution in [0.15, 0.2) is 36.7 Å². The Balaban J connectivity index is 2.38. The van der Waals surface area contributed by atoms with E-state index in [4.69, 9.17) is 8.94 Å². The summed E-state index contributed by atoms with van der Waals surface area (Å²) in [7, 11) is 3.85. The van der Waals surface area contributed by atoms with Crippen LogP contribution < -0.4 is 11.3 Å². The van der Waals surface area contributed by atoms with E-state index >= 15 is 0 Å². The quantitative estimate of drug-likeness (QED) is 0.718. The molecular weight excluding hydrogens is 276 g/mol. The zero-order valence-electron chi connectivity index (χ0n) is 11.6. The van der Waals surface area contributed by atoms with Crippen molar-refractivity contribution in [3.8, 4) is 5.75 Å². The summed E-state index contributed by atoms with van der Waals surface area (Å²) in [5.41, 5.74) is -0.623. The Bertz CT molecular complexity index is 932. The molecule has 0 unspecified atom stereocenters. The number of fused-ring (bicyclic) bond motifs is 3. The van der Waals surface area contributed by atoms with Crippen molar-refractivity contribution in [1.29, 1.82) is 0 Å². The fourth-order valence-electron chi connectivity index (χ4n) is 2.31. The SMILES string of the molecule is CN(C)CCc1c2cc(O)ccc2n2oc(=O)c(=O)oc12. The smallest absolute Gasteiger partial charge is 0.442 e. The largest absolute Gasteiger partial charge is 0.508 e. The molecule has 0 spiro atoms. The number of aromatic hydroxyl groups is 1. The van der Waals surface area contributed by atoms with Crippen LogP contribution in [0.2, 0.25) is 0 Å². The number of nitrogens with zero attached hydrogens (tertiary/aromatic N) is 2. The first-order valence-corrected chi connectivity index (χ1v) is 6.43. The monoisotopic (exact) mass is 290 g/mol. The fraction of sp³-hybridized carbons (Fsp3) is 0.286. The van der Waals surface area contributed by atoms with E-state index < -0.39 is 11.3 Å². The highest BCUT2D eigenvalue weighted by Crippen LogP contribution is 2.29. The summed E-state index contributed by atoms with van der Waals surface area (Å²) in [5, 5.41) is 10.4. The average molecular weight is 290 g/mol. The van der Waals surface area contributed by atoms with Crippen LogP contribution in [0.1, 0.15) is 5.56 Å². The molecular formula is C14H14N2O5. The van der Waals surface area contributed by atoms with Gasteiger partial charge in [-0.1, -0.05) is 0 Å². The van der Waals surface area contributed by atoms with Gasteiger partial charge in [-0.2, -0.15) is 0 Å². The molecule has 110 valence electrons. The molecule has 1 N–H and O–H groups in total. The molecule has 0 aliphatic carbocycles. The predicted octanol–water partition coefficient (Wildman–Crippen LogP) is 0.809. The number of hydrogen-bond acceptors (Lipinski definition) is 6. The molecule has 0 saturated carbocycles. The maximum atomic E-state index is 11.4. The van der Waals surface area contributed by atoms with Gasteiger partial charge in [0.15, 0.2) is 0 Å². The van der Waals surface area contributed by atoms with Crippen LogP contribution >= 0.6 is 0 Å². The van der Waals surface area contributed by atoms with Crippen molar-refractivity contribution in [3.05, 3.63) is 44.6 Å². The molecule has 0 atom stereocenters. The van der Waals surface area contributed by atoms with Gasteiger partial charge in [-0.3, -0.25) is 0 Å². The van der Waals surface area contributed by atoms with Gasteiger partial charge in [0.05, 0.1) is 5.52 Å². The van der Waals surface area contributed by atoms with E-state index in [1.165, 1.54) is 10.6 Å². The molecule has 7 nitrogen and oxygen atoms in total. The normalized spacial score (nSPS) is 11.8. The summed E-state index contributed by atoms with van der Waals surface area (Å²) in [5.74, 6) is 0.0919. The maximum Gasteiger partial charge on any atom is 0.442 e. The first-order chi connectivity index (χ1) is 9.97. The number of hydrogen-bond donors (Lipinski definition) is 1. The molecule has 0 aliphatic rings. The van der Waals surface area contributed by atoms with Crippen molar-refractivity contribution >= 4 is 16.6 Å². The van der Waals surface area contributed by atoms with E-state index in [-0.39, 0.29) is 11.5 Å². The van der Waals surface area contributed by atoms with E-state index in [1.807, 2.05) is 19.0 Å². The van der Waals surface area contributed by atoms with Crippen molar-refractivity contribution in [2.24, 2.45) is 0 Å². The number of benzene rings is 1. The molecule has 21 heavy (non-hydrogen) atoms. The van der Waals surface area contributed by atoms with Gasteiger partial charge in [0, 0.05) is 17.5 Å². The summed E-state index contributed by atoms with van der Waals surface area (Å²) in [6, 6.07) is 4.66. The molecule has 2 aromatic heterocycles. The Morgan fingerprint density at radius 1 is 1.24 bits per heavy atom. The van der Waals surface area contributed by atoms with E-state index in [9.17, 15) is 14.7 Å². The Morgan fingerprint density at radius 3 is 2.71 bits per heavy atom. The van der Waals surface area contributed by atoms with Crippen molar-refractivity contribution < 1.29 is 14.0 Å². The molecule has 0 radical (unpaired) electrons. The van der Waals surface area contributed by atoms with Crippen LogP contribution in [0, 0.1) is 0 Å². The highest BCUT2D eigenvalue weighted by Gasteiger charge is 2.18. The summed E-state index contributed by atoms with van der Waals surface area (Å²) in [6.45, 7) is 0.716. The molecule has 0 amide bonds. The first-order valence-electron chi connectivity index (χ1n) is 6.43. The lowest BCUT2D eigenvalue weighted by atomic mass is 10.1. The Hall–Kier alpha value is -2.54. The summed E-state index contributed by atoms with van der Waals surface area (Å²) >= 11 is 0. The Morgan fingerprint density at radius 2 is 2.00 bits per heavy atom. The highest BCUT2D eigenvalue weighted by molar-refractivity contribution is 5.90. The summed E-state index contributed by atoms with van der Waals surface area (Å²) in [4.78, 5) is 24.8. The zero-order chi connectivity index (χ0) is 15.1. The van der Waals surface area contributed by atoms with Crippen LogP contribution in [-0.2, 0) is 6.42 Å². The minimum Gasteiger partial charge on any atom is -0.508 e. The molecule has 7 heteroatoms. The van der Waals surface area contributed by atoms with E-state index in [0.29, 0.717) is 23.9 Å². The van der Waals surface area contributed by atoms with Crippen LogP contribution in [-0.4, -0.2) is 35.2 Å². The van der Waals surface area contributed by atoms with Gasteiger partial charge < -0.3 is 18.9 Å².